The van der Waals surface area contributed by atoms with Crippen molar-refractivity contribution in [1.82, 2.24) is 4.98 Å². The maximum absolute atomic E-state index is 5.53. The summed E-state index contributed by atoms with van der Waals surface area (Å²) < 4.78 is 5.53. The highest BCUT2D eigenvalue weighted by Gasteiger charge is 2.53. The molecule has 0 aromatic carbocycles. The Labute approximate surface area is 92.2 Å². The first kappa shape index (κ1) is 8.96. The van der Waals surface area contributed by atoms with Crippen molar-refractivity contribution >= 4 is 15.9 Å². The van der Waals surface area contributed by atoms with Crippen molar-refractivity contribution in [3.05, 3.63) is 17.8 Å². The fourth-order valence-electron chi connectivity index (χ4n) is 3.03. The minimum atomic E-state index is 0.701. The van der Waals surface area contributed by atoms with Gasteiger partial charge < -0.3 is 4.42 Å². The van der Waals surface area contributed by atoms with Crippen molar-refractivity contribution in [1.29, 1.82) is 0 Å². The second-order valence-electron chi connectivity index (χ2n) is 4.43. The lowest BCUT2D eigenvalue weighted by Gasteiger charge is -2.04. The van der Waals surface area contributed by atoms with E-state index < -0.39 is 0 Å². The molecule has 76 valence electrons. The number of fused-ring (bicyclic) bond motifs is 1. The third-order valence-electron chi connectivity index (χ3n) is 3.76. The monoisotopic (exact) mass is 255 g/mol. The summed E-state index contributed by atoms with van der Waals surface area (Å²) in [6.45, 7) is 0. The molecule has 3 heteroatoms. The van der Waals surface area contributed by atoms with Crippen molar-refractivity contribution in [3.8, 4) is 0 Å². The van der Waals surface area contributed by atoms with E-state index in [0.717, 1.165) is 22.9 Å². The molecular weight excluding hydrogens is 242 g/mol. The molecule has 0 saturated heterocycles. The van der Waals surface area contributed by atoms with Gasteiger partial charge in [-0.3, -0.25) is 0 Å². The Morgan fingerprint density at radius 1 is 1.36 bits per heavy atom. The van der Waals surface area contributed by atoms with Gasteiger partial charge in [-0.2, -0.15) is 0 Å². The lowest BCUT2D eigenvalue weighted by atomic mass is 10.0. The molecule has 2 fully saturated rings. The minimum absolute atomic E-state index is 0.701. The van der Waals surface area contributed by atoms with Crippen LogP contribution >= 0.6 is 15.9 Å². The van der Waals surface area contributed by atoms with Gasteiger partial charge in [-0.05, 0) is 24.7 Å². The summed E-state index contributed by atoms with van der Waals surface area (Å²) >= 11 is 3.46. The van der Waals surface area contributed by atoms with E-state index in [2.05, 4.69) is 20.9 Å². The van der Waals surface area contributed by atoms with Crippen LogP contribution in [-0.4, -0.2) is 4.98 Å². The number of alkyl halides is 1. The van der Waals surface area contributed by atoms with Crippen LogP contribution in [0.2, 0.25) is 0 Å². The fourth-order valence-corrected chi connectivity index (χ4v) is 3.45. The topological polar surface area (TPSA) is 26.0 Å². The van der Waals surface area contributed by atoms with E-state index in [9.17, 15) is 0 Å². The van der Waals surface area contributed by atoms with Gasteiger partial charge in [-0.25, -0.2) is 4.98 Å². The van der Waals surface area contributed by atoms with Crippen molar-refractivity contribution in [2.24, 2.45) is 11.8 Å². The molecule has 0 amide bonds. The maximum Gasteiger partial charge on any atom is 0.181 e. The summed E-state index contributed by atoms with van der Waals surface area (Å²) in [5.74, 6) is 3.69. The summed E-state index contributed by atoms with van der Waals surface area (Å²) in [7, 11) is 0. The van der Waals surface area contributed by atoms with Crippen LogP contribution in [0.25, 0.3) is 0 Å². The van der Waals surface area contributed by atoms with Gasteiger partial charge in [-0.1, -0.05) is 28.8 Å². The largest absolute Gasteiger partial charge is 0.448 e. The van der Waals surface area contributed by atoms with Crippen molar-refractivity contribution in [2.75, 3.05) is 0 Å². The molecule has 2 aliphatic carbocycles. The average Bonchev–Trinajstić information content (AvgIpc) is 2.77. The Morgan fingerprint density at radius 3 is 2.71 bits per heavy atom. The lowest BCUT2D eigenvalue weighted by Crippen LogP contribution is -1.91. The molecular formula is C11H14BrNO. The minimum Gasteiger partial charge on any atom is -0.448 e. The predicted molar refractivity (Wildman–Crippen MR) is 57.3 cm³/mol. The third-order valence-corrected chi connectivity index (χ3v) is 4.29. The molecule has 3 rings (SSSR count). The Balaban J connectivity index is 1.83. The number of hydrogen-bond donors (Lipinski definition) is 0. The first-order valence-electron chi connectivity index (χ1n) is 5.40. The number of oxazole rings is 1. The van der Waals surface area contributed by atoms with Gasteiger partial charge in [0.05, 0.1) is 5.69 Å². The molecule has 0 bridgehead atoms. The van der Waals surface area contributed by atoms with E-state index in [1.165, 1.54) is 31.4 Å². The third kappa shape index (κ3) is 1.25. The van der Waals surface area contributed by atoms with E-state index >= 15 is 0 Å². The molecule has 1 heterocycles. The molecule has 2 nitrogen and oxygen atoms in total. The van der Waals surface area contributed by atoms with Gasteiger partial charge in [0.1, 0.15) is 5.76 Å². The van der Waals surface area contributed by atoms with Crippen LogP contribution in [-0.2, 0) is 5.33 Å². The van der Waals surface area contributed by atoms with Crippen molar-refractivity contribution in [2.45, 2.75) is 36.9 Å². The average molecular weight is 256 g/mol. The van der Waals surface area contributed by atoms with E-state index in [1.54, 1.807) is 6.39 Å². The highest BCUT2D eigenvalue weighted by Crippen LogP contribution is 2.61. The van der Waals surface area contributed by atoms with Crippen LogP contribution < -0.4 is 0 Å². The molecule has 0 spiro atoms. The van der Waals surface area contributed by atoms with E-state index in [-0.39, 0.29) is 0 Å². The van der Waals surface area contributed by atoms with Crippen LogP contribution in [0.4, 0.5) is 0 Å². The SMILES string of the molecule is BrCc1ncoc1C1C2CCCCC21. The van der Waals surface area contributed by atoms with Crippen LogP contribution in [0.15, 0.2) is 10.8 Å². The second-order valence-corrected chi connectivity index (χ2v) is 5.00. The molecule has 2 atom stereocenters. The van der Waals surface area contributed by atoms with Crippen LogP contribution in [0.1, 0.15) is 43.1 Å². The van der Waals surface area contributed by atoms with Crippen LogP contribution in [0.5, 0.6) is 0 Å². The van der Waals surface area contributed by atoms with Gasteiger partial charge in [0.15, 0.2) is 6.39 Å². The molecule has 2 saturated carbocycles. The first-order chi connectivity index (χ1) is 6.92. The van der Waals surface area contributed by atoms with E-state index in [4.69, 9.17) is 4.42 Å². The van der Waals surface area contributed by atoms with Gasteiger partial charge in [-0.15, -0.1) is 0 Å². The van der Waals surface area contributed by atoms with Crippen LogP contribution in [0.3, 0.4) is 0 Å². The van der Waals surface area contributed by atoms with Gasteiger partial charge in [0.25, 0.3) is 0 Å². The molecule has 0 N–H and O–H groups in total. The Hall–Kier alpha value is -0.310. The molecule has 0 radical (unpaired) electrons. The van der Waals surface area contributed by atoms with E-state index in [0.29, 0.717) is 5.92 Å². The Morgan fingerprint density at radius 2 is 2.07 bits per heavy atom. The summed E-state index contributed by atoms with van der Waals surface area (Å²) in [4.78, 5) is 4.24. The highest BCUT2D eigenvalue weighted by molar-refractivity contribution is 9.08. The number of halogens is 1. The standard InChI is InChI=1S/C11H14BrNO/c12-5-9-11(14-6-13-9)10-7-3-1-2-4-8(7)10/h6-8,10H,1-5H2. The smallest absolute Gasteiger partial charge is 0.181 e. The Bertz CT molecular complexity index is 324. The summed E-state index contributed by atoms with van der Waals surface area (Å²) in [5.41, 5.74) is 1.12. The zero-order valence-electron chi connectivity index (χ0n) is 8.08. The Kier molecular flexibility index (Phi) is 2.15. The number of rotatable bonds is 2. The van der Waals surface area contributed by atoms with E-state index in [1.807, 2.05) is 0 Å². The van der Waals surface area contributed by atoms with Gasteiger partial charge in [0.2, 0.25) is 0 Å². The molecule has 1 aromatic rings. The maximum atomic E-state index is 5.53. The molecule has 0 aliphatic heterocycles. The number of nitrogens with zero attached hydrogens (tertiary/aromatic N) is 1. The number of hydrogen-bond acceptors (Lipinski definition) is 2. The van der Waals surface area contributed by atoms with Gasteiger partial charge in [0, 0.05) is 11.2 Å². The second kappa shape index (κ2) is 3.37. The normalized spacial score (nSPS) is 35.4. The summed E-state index contributed by atoms with van der Waals surface area (Å²) in [5, 5.41) is 0.828. The highest BCUT2D eigenvalue weighted by atomic mass is 79.9. The predicted octanol–water partition coefficient (Wildman–Crippen LogP) is 3.47. The number of aromatic nitrogens is 1. The zero-order valence-corrected chi connectivity index (χ0v) is 9.66. The summed E-state index contributed by atoms with van der Waals surface area (Å²) in [6, 6.07) is 0. The van der Waals surface area contributed by atoms with Crippen LogP contribution in [0, 0.1) is 11.8 Å². The molecule has 14 heavy (non-hydrogen) atoms. The van der Waals surface area contributed by atoms with Gasteiger partial charge >= 0.3 is 0 Å². The lowest BCUT2D eigenvalue weighted by molar-refractivity contribution is 0.480. The fraction of sp³-hybridized carbons (Fsp3) is 0.727. The zero-order chi connectivity index (χ0) is 9.54. The van der Waals surface area contributed by atoms with Crippen molar-refractivity contribution in [3.63, 3.8) is 0 Å². The summed E-state index contributed by atoms with van der Waals surface area (Å²) in [6.07, 6.45) is 7.22. The molecule has 2 unspecified atom stereocenters. The van der Waals surface area contributed by atoms with Crippen molar-refractivity contribution < 1.29 is 4.42 Å². The molecule has 1 aromatic heterocycles. The molecule has 2 aliphatic rings. The first-order valence-corrected chi connectivity index (χ1v) is 6.52. The quantitative estimate of drug-likeness (QED) is 0.757.